The molecule has 0 bridgehead atoms. The molecule has 0 aromatic carbocycles. The first-order valence-corrected chi connectivity index (χ1v) is 12.9. The number of rotatable bonds is 2. The second kappa shape index (κ2) is 15.5. The van der Waals surface area contributed by atoms with E-state index in [2.05, 4.69) is 59.8 Å². The molecule has 0 atom stereocenters. The summed E-state index contributed by atoms with van der Waals surface area (Å²) < 4.78 is 118. The number of alkyl halides is 6. The predicted molar refractivity (Wildman–Crippen MR) is 115 cm³/mol. The van der Waals surface area contributed by atoms with Crippen LogP contribution in [-0.4, -0.2) is 110 Å². The summed E-state index contributed by atoms with van der Waals surface area (Å²) in [6.07, 6.45) is 0. The van der Waals surface area contributed by atoms with Crippen LogP contribution in [0.5, 0.6) is 0 Å². The first kappa shape index (κ1) is 38.1. The summed E-state index contributed by atoms with van der Waals surface area (Å²) >= 11 is 0. The molecule has 0 saturated carbocycles. The third-order valence-electron chi connectivity index (χ3n) is 4.56. The quantitative estimate of drug-likeness (QED) is 0.205. The molecule has 1 saturated heterocycles. The van der Waals surface area contributed by atoms with Gasteiger partial charge in [-0.3, -0.25) is 9.88 Å². The average Bonchev–Trinajstić information content (AvgIpc) is 2.72. The number of aryl methyl sites for hydroxylation is 2. The van der Waals surface area contributed by atoms with Crippen molar-refractivity contribution in [1.29, 1.82) is 0 Å². The molecule has 0 amide bonds. The maximum atomic E-state index is 10.7. The first-order chi connectivity index (χ1) is 16.0. The van der Waals surface area contributed by atoms with Crippen LogP contribution in [0.3, 0.4) is 0 Å². The van der Waals surface area contributed by atoms with Gasteiger partial charge in [-0.05, 0) is 45.6 Å². The van der Waals surface area contributed by atoms with E-state index in [1.54, 1.807) is 0 Å². The number of halogens is 6. The van der Waals surface area contributed by atoms with Crippen LogP contribution in [0.2, 0.25) is 0 Å². The zero-order chi connectivity index (χ0) is 28.5. The van der Waals surface area contributed by atoms with Crippen molar-refractivity contribution in [2.75, 3.05) is 53.4 Å². The van der Waals surface area contributed by atoms with Crippen molar-refractivity contribution in [2.45, 2.75) is 31.4 Å². The Bertz CT molecular complexity index is 966. The molecule has 1 aliphatic rings. The average molecular weight is 630 g/mol. The summed E-state index contributed by atoms with van der Waals surface area (Å²) in [6.45, 7) is 12.0. The number of aromatic nitrogens is 1. The van der Waals surface area contributed by atoms with E-state index in [0.717, 1.165) is 51.5 Å². The molecule has 0 aliphatic carbocycles. The number of nitrogens with zero attached hydrogens (tertiary/aromatic N) is 4. The normalized spacial score (nSPS) is 17.1. The van der Waals surface area contributed by atoms with E-state index < -0.39 is 31.3 Å². The van der Waals surface area contributed by atoms with Gasteiger partial charge in [0.2, 0.25) is 0 Å². The van der Waals surface area contributed by atoms with Crippen LogP contribution in [0, 0.1) is 13.8 Å². The Hall–Kier alpha value is -1.05. The van der Waals surface area contributed by atoms with Gasteiger partial charge >= 0.3 is 28.1 Å². The Labute approximate surface area is 223 Å². The zero-order valence-corrected chi connectivity index (χ0v) is 23.0. The Morgan fingerprint density at radius 3 is 1.41 bits per heavy atom. The van der Waals surface area contributed by atoms with Crippen LogP contribution in [0.4, 0.5) is 26.3 Å². The summed E-state index contributed by atoms with van der Waals surface area (Å²) in [5.74, 6) is 0. The first-order valence-electron chi connectivity index (χ1n) is 10.1. The molecule has 0 N–H and O–H groups in total. The Kier molecular flexibility index (Phi) is 16.0. The van der Waals surface area contributed by atoms with Gasteiger partial charge < -0.3 is 18.9 Å². The van der Waals surface area contributed by atoms with Crippen molar-refractivity contribution in [2.24, 2.45) is 0 Å². The van der Waals surface area contributed by atoms with Crippen LogP contribution in [0.15, 0.2) is 12.1 Å². The molecule has 10 nitrogen and oxygen atoms in total. The molecule has 37 heavy (non-hydrogen) atoms. The molecule has 0 unspecified atom stereocenters. The number of likely N-dealkylation sites (N-methyl/N-ethyl adjacent to an activating group) is 2. The van der Waals surface area contributed by atoms with E-state index in [9.17, 15) is 26.3 Å². The second-order valence-electron chi connectivity index (χ2n) is 7.96. The third-order valence-corrected chi connectivity index (χ3v) is 5.70. The molecular weight excluding hydrogens is 602 g/mol. The van der Waals surface area contributed by atoms with Crippen molar-refractivity contribution >= 4 is 20.2 Å². The SMILES string of the molecule is Cc1cc(C)nc(CN2CCN(C)CCN(C)CC2)c1.O=S(=O)([O-])C(F)(F)F.O=S(=O)([O-])C(F)(F)F.[Fe+5]. The molecule has 19 heteroatoms. The van der Waals surface area contributed by atoms with Gasteiger partial charge in [0, 0.05) is 51.5 Å². The largest absolute Gasteiger partial charge is 5.00 e. The van der Waals surface area contributed by atoms with Crippen LogP contribution >= 0.6 is 0 Å². The van der Waals surface area contributed by atoms with E-state index in [0.29, 0.717) is 0 Å². The van der Waals surface area contributed by atoms with Gasteiger partial charge in [0.05, 0.1) is 5.69 Å². The molecule has 215 valence electrons. The monoisotopic (exact) mass is 630 g/mol. The predicted octanol–water partition coefficient (Wildman–Crippen LogP) is 1.48. The van der Waals surface area contributed by atoms with Crippen molar-refractivity contribution in [3.8, 4) is 0 Å². The van der Waals surface area contributed by atoms with Gasteiger partial charge in [-0.1, -0.05) is 0 Å². The molecule has 1 aromatic heterocycles. The zero-order valence-electron chi connectivity index (χ0n) is 20.3. The van der Waals surface area contributed by atoms with E-state index >= 15 is 0 Å². The summed E-state index contributed by atoms with van der Waals surface area (Å²) in [7, 11) is -7.75. The fourth-order valence-corrected chi connectivity index (χ4v) is 2.69. The number of hydrogen-bond donors (Lipinski definition) is 0. The van der Waals surface area contributed by atoms with Crippen LogP contribution in [0.1, 0.15) is 17.0 Å². The van der Waals surface area contributed by atoms with Gasteiger partial charge in [-0.2, -0.15) is 26.3 Å². The molecule has 1 aromatic rings. The van der Waals surface area contributed by atoms with Crippen molar-refractivity contribution in [3.05, 3.63) is 29.1 Å². The Morgan fingerprint density at radius 2 is 1.11 bits per heavy atom. The van der Waals surface area contributed by atoms with E-state index in [4.69, 9.17) is 25.9 Å². The van der Waals surface area contributed by atoms with Crippen molar-refractivity contribution in [1.82, 2.24) is 19.7 Å². The Balaban J connectivity index is 0. The molecule has 1 radical (unpaired) electrons. The van der Waals surface area contributed by atoms with E-state index in [1.807, 2.05) is 0 Å². The van der Waals surface area contributed by atoms with Gasteiger partial charge in [-0.15, -0.1) is 0 Å². The smallest absolute Gasteiger partial charge is 0.741 e. The maximum absolute atomic E-state index is 10.7. The molecule has 2 rings (SSSR count). The minimum atomic E-state index is -6.09. The topological polar surface area (TPSA) is 137 Å². The van der Waals surface area contributed by atoms with Gasteiger partial charge in [0.25, 0.3) is 0 Å². The number of pyridine rings is 1. The molecular formula is C18H28F6FeN4O6S2+3. The molecule has 2 heterocycles. The summed E-state index contributed by atoms with van der Waals surface area (Å²) in [5.41, 5.74) is -7.66. The Morgan fingerprint density at radius 1 is 0.784 bits per heavy atom. The minimum absolute atomic E-state index is 0. The third kappa shape index (κ3) is 16.5. The van der Waals surface area contributed by atoms with Crippen LogP contribution < -0.4 is 0 Å². The summed E-state index contributed by atoms with van der Waals surface area (Å²) in [5, 5.41) is 0. The fraction of sp³-hybridized carbons (Fsp3) is 0.722. The number of hydrogen-bond acceptors (Lipinski definition) is 10. The standard InChI is InChI=1S/C16H28N4.2CHF3O3S.Fe/c1-14-11-15(2)17-16(12-14)13-20-9-7-18(3)5-6-19(4)8-10-20;2*2-1(3,4)8(5,6)7;/h11-12H,5-10,13H2,1-4H3;2*(H,5,6,7);/q;;;+5/p-2. The summed E-state index contributed by atoms with van der Waals surface area (Å²) in [4.78, 5) is 12.0. The van der Waals surface area contributed by atoms with E-state index in [1.165, 1.54) is 11.3 Å². The fourth-order valence-electron chi connectivity index (χ4n) is 2.69. The van der Waals surface area contributed by atoms with E-state index in [-0.39, 0.29) is 17.1 Å². The van der Waals surface area contributed by atoms with Crippen LogP contribution in [-0.2, 0) is 43.8 Å². The van der Waals surface area contributed by atoms with Gasteiger partial charge in [0.1, 0.15) is 0 Å². The van der Waals surface area contributed by atoms with Crippen LogP contribution in [0.25, 0.3) is 0 Å². The van der Waals surface area contributed by atoms with Crippen molar-refractivity contribution < 1.29 is 69.4 Å². The van der Waals surface area contributed by atoms with Crippen molar-refractivity contribution in [3.63, 3.8) is 0 Å². The molecule has 1 fully saturated rings. The second-order valence-corrected chi connectivity index (χ2v) is 10.7. The van der Waals surface area contributed by atoms with Gasteiger partial charge in [-0.25, -0.2) is 16.8 Å². The maximum Gasteiger partial charge on any atom is 5.00 e. The summed E-state index contributed by atoms with van der Waals surface area (Å²) in [6, 6.07) is 4.36. The van der Waals surface area contributed by atoms with Gasteiger partial charge in [0.15, 0.2) is 20.2 Å². The molecule has 0 spiro atoms. The molecule has 1 aliphatic heterocycles. The minimum Gasteiger partial charge on any atom is -0.741 e.